The van der Waals surface area contributed by atoms with Crippen molar-refractivity contribution in [2.24, 2.45) is 5.92 Å². The smallest absolute Gasteiger partial charge is 0.241 e. The van der Waals surface area contributed by atoms with Crippen molar-refractivity contribution < 1.29 is 19.4 Å². The molecule has 1 aromatic carbocycles. The van der Waals surface area contributed by atoms with Gasteiger partial charge >= 0.3 is 0 Å². The first-order chi connectivity index (χ1) is 17.2. The summed E-state index contributed by atoms with van der Waals surface area (Å²) in [5, 5.41) is 23.7. The maximum Gasteiger partial charge on any atom is 0.241 e. The second-order valence-corrected chi connectivity index (χ2v) is 14.8. The number of ether oxygens (including phenoxy) is 1. The Labute approximate surface area is 214 Å². The standard InChI is InChI=1S/C26H41N5O4Si/c1-18-23(10-9-19-6-4-7-20(16-19)28-26(33)22-8-5-13-27-22)35-24(25(18)36(2,3)34)11-14-31-17-21(12-15-32)29-30-31/h4,6-7,16-18,22-25,27,32,34H,5,8-15H2,1-3H3,(H,28,33)/t18-,22+,23+,24-,25+/m0/s1. The Hall–Kier alpha value is -2.11. The van der Waals surface area contributed by atoms with Gasteiger partial charge < -0.3 is 25.3 Å². The van der Waals surface area contributed by atoms with Crippen molar-refractivity contribution in [1.82, 2.24) is 20.3 Å². The molecular formula is C26H41N5O4Si. The van der Waals surface area contributed by atoms with E-state index in [1.54, 1.807) is 4.68 Å². The topological polar surface area (TPSA) is 122 Å². The molecule has 0 bridgehead atoms. The summed E-state index contributed by atoms with van der Waals surface area (Å²) in [6, 6.07) is 7.98. The molecule has 1 aromatic heterocycles. The molecular weight excluding hydrogens is 474 g/mol. The zero-order valence-corrected chi connectivity index (χ0v) is 22.7. The highest BCUT2D eigenvalue weighted by atomic mass is 28.4. The summed E-state index contributed by atoms with van der Waals surface area (Å²) in [6.45, 7) is 7.85. The van der Waals surface area contributed by atoms with E-state index in [1.165, 1.54) is 5.56 Å². The van der Waals surface area contributed by atoms with Crippen LogP contribution in [0, 0.1) is 5.92 Å². The number of amides is 1. The number of carbonyl (C=O) groups is 1. The Bertz CT molecular complexity index is 1000. The largest absolute Gasteiger partial charge is 0.432 e. The van der Waals surface area contributed by atoms with Crippen LogP contribution in [0.4, 0.5) is 5.69 Å². The van der Waals surface area contributed by atoms with Crippen molar-refractivity contribution in [1.29, 1.82) is 0 Å². The van der Waals surface area contributed by atoms with E-state index in [2.05, 4.69) is 40.0 Å². The van der Waals surface area contributed by atoms with E-state index in [9.17, 15) is 9.59 Å². The number of benzene rings is 1. The zero-order chi connectivity index (χ0) is 25.7. The van der Waals surface area contributed by atoms with Gasteiger partial charge in [-0.05, 0) is 75.4 Å². The molecule has 4 N–H and O–H groups in total. The quantitative estimate of drug-likeness (QED) is 0.339. The molecule has 0 saturated carbocycles. The second-order valence-electron chi connectivity index (χ2n) is 10.9. The molecule has 0 aliphatic carbocycles. The van der Waals surface area contributed by atoms with Gasteiger partial charge in [-0.1, -0.05) is 24.3 Å². The number of aliphatic hydroxyl groups is 1. The number of aromatic nitrogens is 3. The molecule has 5 atom stereocenters. The number of aryl methyl sites for hydroxylation is 2. The molecule has 1 amide bonds. The van der Waals surface area contributed by atoms with Gasteiger partial charge in [-0.3, -0.25) is 9.48 Å². The summed E-state index contributed by atoms with van der Waals surface area (Å²) >= 11 is 0. The number of anilines is 1. The second kappa shape index (κ2) is 12.0. The van der Waals surface area contributed by atoms with Crippen molar-refractivity contribution in [3.63, 3.8) is 0 Å². The molecule has 4 rings (SSSR count). The zero-order valence-electron chi connectivity index (χ0n) is 21.7. The maximum absolute atomic E-state index is 12.5. The lowest BCUT2D eigenvalue weighted by molar-refractivity contribution is -0.117. The van der Waals surface area contributed by atoms with E-state index in [0.29, 0.717) is 13.0 Å². The summed E-state index contributed by atoms with van der Waals surface area (Å²) in [5.41, 5.74) is 2.93. The molecule has 9 nitrogen and oxygen atoms in total. The first-order valence-electron chi connectivity index (χ1n) is 13.3. The number of hydrogen-bond donors (Lipinski definition) is 4. The normalized spacial score (nSPS) is 26.4. The summed E-state index contributed by atoms with van der Waals surface area (Å²) in [7, 11) is -2.44. The number of rotatable bonds is 11. The third-order valence-electron chi connectivity index (χ3n) is 7.60. The molecule has 3 heterocycles. The van der Waals surface area contributed by atoms with E-state index >= 15 is 0 Å². The van der Waals surface area contributed by atoms with E-state index in [4.69, 9.17) is 9.84 Å². The fourth-order valence-electron chi connectivity index (χ4n) is 5.87. The third-order valence-corrected chi connectivity index (χ3v) is 10.1. The van der Waals surface area contributed by atoms with Gasteiger partial charge in [0.05, 0.1) is 23.9 Å². The number of carbonyl (C=O) groups excluding carboxylic acids is 1. The van der Waals surface area contributed by atoms with Crippen LogP contribution in [-0.2, 0) is 28.9 Å². The van der Waals surface area contributed by atoms with Crippen LogP contribution in [-0.4, -0.2) is 70.5 Å². The van der Waals surface area contributed by atoms with Crippen molar-refractivity contribution in [3.8, 4) is 0 Å². The lowest BCUT2D eigenvalue weighted by Crippen LogP contribution is -2.40. The summed E-state index contributed by atoms with van der Waals surface area (Å²) < 4.78 is 8.37. The SMILES string of the molecule is C[C@@H]1[C@@H]([Si](C)(C)O)[C@H](CCn2cc(CCO)nn2)O[C@@H]1CCc1cccc(NC(=O)[C@H]2CCCN2)c1. The fourth-order valence-corrected chi connectivity index (χ4v) is 8.52. The molecule has 36 heavy (non-hydrogen) atoms. The number of nitrogens with zero attached hydrogens (tertiary/aromatic N) is 3. The molecule has 0 radical (unpaired) electrons. The highest BCUT2D eigenvalue weighted by Crippen LogP contribution is 2.45. The van der Waals surface area contributed by atoms with E-state index in [1.807, 2.05) is 31.4 Å². The summed E-state index contributed by atoms with van der Waals surface area (Å²) in [6.07, 6.45) is 6.82. The van der Waals surface area contributed by atoms with Gasteiger partial charge in [0.1, 0.15) is 0 Å². The Kier molecular flexibility index (Phi) is 8.95. The van der Waals surface area contributed by atoms with Gasteiger partial charge in [-0.2, -0.15) is 0 Å². The summed E-state index contributed by atoms with van der Waals surface area (Å²) in [4.78, 5) is 23.6. The van der Waals surface area contributed by atoms with Crippen LogP contribution in [0.5, 0.6) is 0 Å². The van der Waals surface area contributed by atoms with E-state index in [-0.39, 0.29) is 42.2 Å². The minimum absolute atomic E-state index is 0.0216. The predicted molar refractivity (Wildman–Crippen MR) is 141 cm³/mol. The van der Waals surface area contributed by atoms with Crippen LogP contribution in [0.15, 0.2) is 30.5 Å². The van der Waals surface area contributed by atoms with Crippen molar-refractivity contribution >= 4 is 19.9 Å². The molecule has 10 heteroatoms. The Morgan fingerprint density at radius 3 is 2.83 bits per heavy atom. The number of aliphatic hydroxyl groups excluding tert-OH is 1. The number of hydrogen-bond acceptors (Lipinski definition) is 7. The minimum atomic E-state index is -2.44. The first kappa shape index (κ1) is 26.9. The average Bonchev–Trinajstić information content (AvgIpc) is 3.57. The fraction of sp³-hybridized carbons (Fsp3) is 0.654. The molecule has 2 aliphatic rings. The van der Waals surface area contributed by atoms with Crippen LogP contribution in [0.25, 0.3) is 0 Å². The number of nitrogens with one attached hydrogen (secondary N) is 2. The minimum Gasteiger partial charge on any atom is -0.432 e. The first-order valence-corrected chi connectivity index (χ1v) is 16.3. The molecule has 198 valence electrons. The predicted octanol–water partition coefficient (Wildman–Crippen LogP) is 2.50. The molecule has 2 saturated heterocycles. The van der Waals surface area contributed by atoms with Crippen LogP contribution in [0.1, 0.15) is 43.9 Å². The molecule has 2 fully saturated rings. The van der Waals surface area contributed by atoms with Gasteiger partial charge in [0, 0.05) is 37.0 Å². The van der Waals surface area contributed by atoms with Gasteiger partial charge in [0.2, 0.25) is 5.91 Å². The third kappa shape index (κ3) is 6.80. The molecule has 2 aromatic rings. The van der Waals surface area contributed by atoms with E-state index in [0.717, 1.165) is 50.0 Å². The van der Waals surface area contributed by atoms with Crippen LogP contribution in [0.3, 0.4) is 0 Å². The highest BCUT2D eigenvalue weighted by Gasteiger charge is 2.49. The highest BCUT2D eigenvalue weighted by molar-refractivity contribution is 6.71. The van der Waals surface area contributed by atoms with E-state index < -0.39 is 8.32 Å². The molecule has 0 spiro atoms. The Balaban J connectivity index is 1.34. The summed E-state index contributed by atoms with van der Waals surface area (Å²) in [5.74, 6) is 0.299. The van der Waals surface area contributed by atoms with Crippen LogP contribution in [0.2, 0.25) is 18.6 Å². The Morgan fingerprint density at radius 2 is 2.11 bits per heavy atom. The van der Waals surface area contributed by atoms with Crippen LogP contribution < -0.4 is 10.6 Å². The van der Waals surface area contributed by atoms with Crippen LogP contribution >= 0.6 is 0 Å². The monoisotopic (exact) mass is 515 g/mol. The maximum atomic E-state index is 12.5. The van der Waals surface area contributed by atoms with Crippen molar-refractivity contribution in [2.75, 3.05) is 18.5 Å². The molecule has 2 aliphatic heterocycles. The lowest BCUT2D eigenvalue weighted by Gasteiger charge is -2.30. The van der Waals surface area contributed by atoms with Gasteiger partial charge in [0.15, 0.2) is 8.32 Å². The lowest BCUT2D eigenvalue weighted by atomic mass is 9.95. The van der Waals surface area contributed by atoms with Crippen molar-refractivity contribution in [2.45, 2.75) is 88.9 Å². The molecule has 0 unspecified atom stereocenters. The van der Waals surface area contributed by atoms with Gasteiger partial charge in [-0.25, -0.2) is 0 Å². The van der Waals surface area contributed by atoms with Gasteiger partial charge in [0.25, 0.3) is 0 Å². The Morgan fingerprint density at radius 1 is 1.28 bits per heavy atom. The van der Waals surface area contributed by atoms with Crippen molar-refractivity contribution in [3.05, 3.63) is 41.7 Å². The van der Waals surface area contributed by atoms with Gasteiger partial charge in [-0.15, -0.1) is 5.10 Å². The average molecular weight is 516 g/mol.